The molecule has 2 aliphatic carbocycles. The summed E-state index contributed by atoms with van der Waals surface area (Å²) in [5.74, 6) is -0.614. The standard InChI is InChI=1S/C11H15BrO3/c1-9(2)8(15)11(12)4-3-10(9,6-11)5-7(13)14/h3-6H2,1-2H3,(H,13,14)/t10-,11-/m0/s1. The molecule has 4 heteroatoms. The Hall–Kier alpha value is -0.380. The van der Waals surface area contributed by atoms with Gasteiger partial charge in [0.15, 0.2) is 5.78 Å². The molecule has 2 aliphatic rings. The molecule has 2 atom stereocenters. The fourth-order valence-corrected chi connectivity index (χ4v) is 4.57. The molecule has 84 valence electrons. The van der Waals surface area contributed by atoms with E-state index in [0.717, 1.165) is 12.8 Å². The van der Waals surface area contributed by atoms with Crippen LogP contribution in [0.25, 0.3) is 0 Å². The van der Waals surface area contributed by atoms with Gasteiger partial charge in [-0.25, -0.2) is 0 Å². The second-order valence-corrected chi connectivity index (χ2v) is 6.97. The molecule has 0 unspecified atom stereocenters. The molecule has 0 amide bonds. The molecule has 0 aromatic rings. The van der Waals surface area contributed by atoms with Crippen molar-refractivity contribution >= 4 is 27.7 Å². The largest absolute Gasteiger partial charge is 0.481 e. The molecule has 15 heavy (non-hydrogen) atoms. The maximum atomic E-state index is 12.2. The Morgan fingerprint density at radius 2 is 2.07 bits per heavy atom. The lowest BCUT2D eigenvalue weighted by atomic mass is 9.63. The van der Waals surface area contributed by atoms with E-state index in [-0.39, 0.29) is 17.6 Å². The molecule has 0 radical (unpaired) electrons. The van der Waals surface area contributed by atoms with E-state index in [2.05, 4.69) is 15.9 Å². The highest BCUT2D eigenvalue weighted by molar-refractivity contribution is 9.10. The molecule has 0 spiro atoms. The van der Waals surface area contributed by atoms with Crippen LogP contribution in [0.4, 0.5) is 0 Å². The van der Waals surface area contributed by atoms with E-state index in [4.69, 9.17) is 5.11 Å². The zero-order chi connectivity index (χ0) is 11.5. The van der Waals surface area contributed by atoms with Gasteiger partial charge in [-0.15, -0.1) is 0 Å². The first-order valence-electron chi connectivity index (χ1n) is 5.19. The molecular weight excluding hydrogens is 260 g/mol. The van der Waals surface area contributed by atoms with Crippen LogP contribution < -0.4 is 0 Å². The first kappa shape index (κ1) is 11.1. The Morgan fingerprint density at radius 3 is 2.47 bits per heavy atom. The van der Waals surface area contributed by atoms with Crippen LogP contribution in [0.5, 0.6) is 0 Å². The maximum absolute atomic E-state index is 12.2. The minimum absolute atomic E-state index is 0.110. The van der Waals surface area contributed by atoms with E-state index in [0.29, 0.717) is 6.42 Å². The molecule has 0 saturated heterocycles. The average Bonchev–Trinajstić information content (AvgIpc) is 2.48. The first-order valence-corrected chi connectivity index (χ1v) is 5.99. The number of rotatable bonds is 2. The number of alkyl halides is 1. The van der Waals surface area contributed by atoms with Crippen molar-refractivity contribution in [3.63, 3.8) is 0 Å². The zero-order valence-electron chi connectivity index (χ0n) is 8.97. The Bertz CT molecular complexity index is 350. The van der Waals surface area contributed by atoms with Gasteiger partial charge in [0.25, 0.3) is 0 Å². The maximum Gasteiger partial charge on any atom is 0.303 e. The van der Waals surface area contributed by atoms with Gasteiger partial charge in [0, 0.05) is 5.41 Å². The van der Waals surface area contributed by atoms with Crippen molar-refractivity contribution < 1.29 is 14.7 Å². The second-order valence-electron chi connectivity index (χ2n) is 5.45. The van der Waals surface area contributed by atoms with Gasteiger partial charge in [0.2, 0.25) is 0 Å². The Kier molecular flexibility index (Phi) is 2.11. The summed E-state index contributed by atoms with van der Waals surface area (Å²) in [6.07, 6.45) is 2.41. The molecule has 0 heterocycles. The molecule has 0 aromatic carbocycles. The van der Waals surface area contributed by atoms with Crippen LogP contribution in [0.2, 0.25) is 0 Å². The molecule has 2 fully saturated rings. The van der Waals surface area contributed by atoms with E-state index < -0.39 is 15.7 Å². The third kappa shape index (κ3) is 1.23. The van der Waals surface area contributed by atoms with Crippen LogP contribution in [0, 0.1) is 10.8 Å². The van der Waals surface area contributed by atoms with Crippen molar-refractivity contribution in [2.75, 3.05) is 0 Å². The fraction of sp³-hybridized carbons (Fsp3) is 0.818. The number of carboxylic acid groups (broad SMARTS) is 1. The van der Waals surface area contributed by atoms with Gasteiger partial charge in [-0.2, -0.15) is 0 Å². The Morgan fingerprint density at radius 1 is 1.47 bits per heavy atom. The lowest BCUT2D eigenvalue weighted by Gasteiger charge is -2.40. The van der Waals surface area contributed by atoms with E-state index >= 15 is 0 Å². The van der Waals surface area contributed by atoms with E-state index in [1.165, 1.54) is 0 Å². The van der Waals surface area contributed by atoms with Gasteiger partial charge >= 0.3 is 5.97 Å². The molecule has 0 aromatic heterocycles. The van der Waals surface area contributed by atoms with Crippen molar-refractivity contribution in [1.82, 2.24) is 0 Å². The monoisotopic (exact) mass is 274 g/mol. The van der Waals surface area contributed by atoms with Gasteiger partial charge in [-0.3, -0.25) is 9.59 Å². The highest BCUT2D eigenvalue weighted by atomic mass is 79.9. The van der Waals surface area contributed by atoms with Crippen LogP contribution in [-0.4, -0.2) is 21.2 Å². The summed E-state index contributed by atoms with van der Waals surface area (Å²) in [5.41, 5.74) is -0.841. The molecule has 0 aliphatic heterocycles. The Balaban J connectivity index is 2.42. The normalized spacial score (nSPS) is 42.2. The highest BCUT2D eigenvalue weighted by Crippen LogP contribution is 2.68. The second kappa shape index (κ2) is 2.84. The number of hydrogen-bond donors (Lipinski definition) is 1. The smallest absolute Gasteiger partial charge is 0.303 e. The fourth-order valence-electron chi connectivity index (χ4n) is 3.34. The predicted molar refractivity (Wildman–Crippen MR) is 59.0 cm³/mol. The summed E-state index contributed by atoms with van der Waals surface area (Å²) in [7, 11) is 0. The van der Waals surface area contributed by atoms with Crippen LogP contribution >= 0.6 is 15.9 Å². The van der Waals surface area contributed by atoms with E-state index in [1.54, 1.807) is 0 Å². The number of Topliss-reactive ketones (excluding diaryl/α,β-unsaturated/α-hetero) is 1. The first-order chi connectivity index (χ1) is 6.74. The van der Waals surface area contributed by atoms with Gasteiger partial charge in [-0.1, -0.05) is 29.8 Å². The summed E-state index contributed by atoms with van der Waals surface area (Å²) < 4.78 is -0.439. The van der Waals surface area contributed by atoms with Crippen LogP contribution in [0.1, 0.15) is 39.5 Å². The quantitative estimate of drug-likeness (QED) is 0.787. The van der Waals surface area contributed by atoms with E-state index in [9.17, 15) is 9.59 Å². The lowest BCUT2D eigenvalue weighted by molar-refractivity contribution is -0.143. The summed E-state index contributed by atoms with van der Waals surface area (Å²) in [6.45, 7) is 3.78. The number of carboxylic acids is 1. The van der Waals surface area contributed by atoms with Crippen molar-refractivity contribution in [1.29, 1.82) is 0 Å². The summed E-state index contributed by atoms with van der Waals surface area (Å²) in [4.78, 5) is 23.1. The predicted octanol–water partition coefficient (Wildman–Crippen LogP) is 2.37. The van der Waals surface area contributed by atoms with Crippen molar-refractivity contribution in [2.24, 2.45) is 10.8 Å². The summed E-state index contributed by atoms with van der Waals surface area (Å²) in [5, 5.41) is 8.96. The lowest BCUT2D eigenvalue weighted by Crippen LogP contribution is -2.43. The minimum atomic E-state index is -0.797. The van der Waals surface area contributed by atoms with Gasteiger partial charge in [-0.05, 0) is 24.7 Å². The van der Waals surface area contributed by atoms with Crippen molar-refractivity contribution in [3.05, 3.63) is 0 Å². The van der Waals surface area contributed by atoms with Crippen molar-refractivity contribution in [3.8, 4) is 0 Å². The van der Waals surface area contributed by atoms with Crippen LogP contribution in [-0.2, 0) is 9.59 Å². The van der Waals surface area contributed by atoms with Gasteiger partial charge < -0.3 is 5.11 Å². The molecule has 1 N–H and O–H groups in total. The number of halogens is 1. The van der Waals surface area contributed by atoms with Crippen LogP contribution in [0.3, 0.4) is 0 Å². The number of carbonyl (C=O) groups is 2. The molecule has 3 nitrogen and oxygen atoms in total. The number of carbonyl (C=O) groups excluding carboxylic acids is 1. The topological polar surface area (TPSA) is 54.4 Å². The van der Waals surface area contributed by atoms with Crippen molar-refractivity contribution in [2.45, 2.75) is 43.9 Å². The Labute approximate surface area is 97.4 Å². The van der Waals surface area contributed by atoms with Gasteiger partial charge in [0.1, 0.15) is 0 Å². The third-order valence-corrected chi connectivity index (χ3v) is 5.45. The van der Waals surface area contributed by atoms with E-state index in [1.807, 2.05) is 13.8 Å². The van der Waals surface area contributed by atoms with Gasteiger partial charge in [0.05, 0.1) is 10.7 Å². The molecular formula is C11H15BrO3. The number of hydrogen-bond acceptors (Lipinski definition) is 2. The molecule has 2 bridgehead atoms. The SMILES string of the molecule is CC1(C)C(=O)[C@]2(Br)CC[C@]1(CC(=O)O)C2. The molecule has 2 saturated carbocycles. The number of aliphatic carboxylic acids is 1. The average molecular weight is 275 g/mol. The summed E-state index contributed by atoms with van der Waals surface area (Å²) >= 11 is 3.51. The third-order valence-electron chi connectivity index (χ3n) is 4.41. The zero-order valence-corrected chi connectivity index (χ0v) is 10.6. The number of ketones is 1. The highest BCUT2D eigenvalue weighted by Gasteiger charge is 2.69. The van der Waals surface area contributed by atoms with Crippen LogP contribution in [0.15, 0.2) is 0 Å². The summed E-state index contributed by atoms with van der Waals surface area (Å²) in [6, 6.07) is 0. The molecule has 2 rings (SSSR count). The minimum Gasteiger partial charge on any atom is -0.481 e. The number of fused-ring (bicyclic) bond motifs is 2.